The van der Waals surface area contributed by atoms with E-state index in [1.165, 1.54) is 6.07 Å². The van der Waals surface area contributed by atoms with Crippen LogP contribution < -0.4 is 5.32 Å². The molecule has 2 unspecified atom stereocenters. The molecule has 1 saturated carbocycles. The molecule has 0 saturated heterocycles. The van der Waals surface area contributed by atoms with Crippen molar-refractivity contribution in [3.63, 3.8) is 0 Å². The third kappa shape index (κ3) is 2.86. The largest absolute Gasteiger partial charge is 0.504 e. The summed E-state index contributed by atoms with van der Waals surface area (Å²) < 4.78 is 0. The van der Waals surface area contributed by atoms with Gasteiger partial charge in [-0.05, 0) is 31.7 Å². The lowest BCUT2D eigenvalue weighted by atomic mass is 9.93. The van der Waals surface area contributed by atoms with Gasteiger partial charge >= 0.3 is 0 Å². The summed E-state index contributed by atoms with van der Waals surface area (Å²) in [6.07, 6.45) is 3.31. The summed E-state index contributed by atoms with van der Waals surface area (Å²) in [4.78, 5) is 0. The quantitative estimate of drug-likeness (QED) is 0.522. The number of hydrogen-bond donors (Lipinski definition) is 5. The van der Waals surface area contributed by atoms with E-state index in [0.29, 0.717) is 18.5 Å². The van der Waals surface area contributed by atoms with Crippen LogP contribution in [0.1, 0.15) is 31.2 Å². The molecule has 0 aliphatic heterocycles. The zero-order valence-corrected chi connectivity index (χ0v) is 10.1. The molecule has 1 fully saturated rings. The minimum atomic E-state index is -0.488. The molecule has 5 heteroatoms. The minimum absolute atomic E-state index is 0.226. The Labute approximate surface area is 106 Å². The van der Waals surface area contributed by atoms with Gasteiger partial charge in [-0.1, -0.05) is 6.07 Å². The van der Waals surface area contributed by atoms with Gasteiger partial charge in [0.05, 0.1) is 6.10 Å². The Bertz CT molecular complexity index is 422. The summed E-state index contributed by atoms with van der Waals surface area (Å²) in [6, 6.07) is 3.14. The monoisotopic (exact) mass is 253 g/mol. The topological polar surface area (TPSA) is 93.0 Å². The first-order chi connectivity index (χ1) is 8.58. The zero-order valence-electron chi connectivity index (χ0n) is 10.1. The first-order valence-corrected chi connectivity index (χ1v) is 6.22. The van der Waals surface area contributed by atoms with Gasteiger partial charge in [0.25, 0.3) is 0 Å². The van der Waals surface area contributed by atoms with Gasteiger partial charge in [-0.25, -0.2) is 0 Å². The van der Waals surface area contributed by atoms with Crippen LogP contribution in [-0.4, -0.2) is 32.6 Å². The molecule has 0 bridgehead atoms. The van der Waals surface area contributed by atoms with E-state index in [4.69, 9.17) is 0 Å². The third-order valence-corrected chi connectivity index (χ3v) is 3.44. The SMILES string of the molecule is Oc1ccc(CNC2CCCC(O)C2)c(O)c1O. The number of rotatable bonds is 3. The van der Waals surface area contributed by atoms with E-state index >= 15 is 0 Å². The van der Waals surface area contributed by atoms with Crippen LogP contribution in [0.5, 0.6) is 17.2 Å². The van der Waals surface area contributed by atoms with Crippen molar-refractivity contribution in [2.45, 2.75) is 44.4 Å². The molecule has 0 spiro atoms. The van der Waals surface area contributed by atoms with Gasteiger partial charge in [0, 0.05) is 18.2 Å². The molecule has 5 nitrogen and oxygen atoms in total. The molecule has 1 aliphatic carbocycles. The highest BCUT2D eigenvalue weighted by atomic mass is 16.3. The summed E-state index contributed by atoms with van der Waals surface area (Å²) in [5, 5.41) is 41.1. The Morgan fingerprint density at radius 2 is 1.89 bits per heavy atom. The Kier molecular flexibility index (Phi) is 3.93. The summed E-state index contributed by atoms with van der Waals surface area (Å²) in [6.45, 7) is 0.400. The van der Waals surface area contributed by atoms with Crippen LogP contribution in [-0.2, 0) is 6.54 Å². The molecule has 0 aromatic heterocycles. The van der Waals surface area contributed by atoms with Crippen molar-refractivity contribution in [2.24, 2.45) is 0 Å². The van der Waals surface area contributed by atoms with Crippen molar-refractivity contribution in [2.75, 3.05) is 0 Å². The lowest BCUT2D eigenvalue weighted by Crippen LogP contribution is -2.35. The highest BCUT2D eigenvalue weighted by Crippen LogP contribution is 2.37. The van der Waals surface area contributed by atoms with Crippen LogP contribution in [0.25, 0.3) is 0 Å². The first kappa shape index (κ1) is 13.0. The Balaban J connectivity index is 1.96. The second kappa shape index (κ2) is 5.46. The van der Waals surface area contributed by atoms with Crippen molar-refractivity contribution in [3.05, 3.63) is 17.7 Å². The number of phenolic OH excluding ortho intramolecular Hbond substituents is 3. The first-order valence-electron chi connectivity index (χ1n) is 6.22. The standard InChI is InChI=1S/C13H19NO4/c15-10-3-1-2-9(6-10)14-7-8-4-5-11(16)13(18)12(8)17/h4-5,9-10,14-18H,1-3,6-7H2. The molecular weight excluding hydrogens is 234 g/mol. The van der Waals surface area contributed by atoms with Crippen molar-refractivity contribution < 1.29 is 20.4 Å². The maximum atomic E-state index is 9.66. The van der Waals surface area contributed by atoms with Gasteiger partial charge in [-0.15, -0.1) is 0 Å². The van der Waals surface area contributed by atoms with E-state index in [2.05, 4.69) is 5.32 Å². The molecule has 18 heavy (non-hydrogen) atoms. The van der Waals surface area contributed by atoms with Crippen LogP contribution in [0.2, 0.25) is 0 Å². The van der Waals surface area contributed by atoms with Gasteiger partial charge in [-0.3, -0.25) is 0 Å². The summed E-state index contributed by atoms with van der Waals surface area (Å²) in [5.41, 5.74) is 0.533. The Morgan fingerprint density at radius 1 is 1.11 bits per heavy atom. The molecule has 2 atom stereocenters. The van der Waals surface area contributed by atoms with Crippen molar-refractivity contribution in [1.82, 2.24) is 5.32 Å². The predicted octanol–water partition coefficient (Wildman–Crippen LogP) is 1.20. The predicted molar refractivity (Wildman–Crippen MR) is 66.5 cm³/mol. The summed E-state index contributed by atoms with van der Waals surface area (Å²) >= 11 is 0. The van der Waals surface area contributed by atoms with Gasteiger partial charge in [-0.2, -0.15) is 0 Å². The van der Waals surface area contributed by atoms with Crippen LogP contribution >= 0.6 is 0 Å². The number of aliphatic hydroxyl groups is 1. The molecule has 5 N–H and O–H groups in total. The van der Waals surface area contributed by atoms with Crippen LogP contribution in [0, 0.1) is 0 Å². The van der Waals surface area contributed by atoms with Gasteiger partial charge < -0.3 is 25.7 Å². The van der Waals surface area contributed by atoms with Crippen LogP contribution in [0.3, 0.4) is 0 Å². The van der Waals surface area contributed by atoms with Gasteiger partial charge in [0.1, 0.15) is 0 Å². The van der Waals surface area contributed by atoms with Gasteiger partial charge in [0.15, 0.2) is 11.5 Å². The molecule has 0 amide bonds. The fourth-order valence-electron chi connectivity index (χ4n) is 2.36. The molecule has 1 aromatic rings. The zero-order chi connectivity index (χ0) is 13.1. The number of benzene rings is 1. The lowest BCUT2D eigenvalue weighted by molar-refractivity contribution is 0.111. The van der Waals surface area contributed by atoms with E-state index in [-0.39, 0.29) is 23.6 Å². The maximum Gasteiger partial charge on any atom is 0.200 e. The van der Waals surface area contributed by atoms with Crippen molar-refractivity contribution in [1.29, 1.82) is 0 Å². The summed E-state index contributed by atoms with van der Waals surface area (Å²) in [5.74, 6) is -1.11. The number of aromatic hydroxyl groups is 3. The summed E-state index contributed by atoms with van der Waals surface area (Å²) in [7, 11) is 0. The van der Waals surface area contributed by atoms with E-state index in [0.717, 1.165) is 19.3 Å². The average Bonchev–Trinajstić information content (AvgIpc) is 2.35. The van der Waals surface area contributed by atoms with Crippen LogP contribution in [0.15, 0.2) is 12.1 Å². The number of nitrogens with one attached hydrogen (secondary N) is 1. The highest BCUT2D eigenvalue weighted by molar-refractivity contribution is 5.52. The molecule has 1 aromatic carbocycles. The number of hydrogen-bond acceptors (Lipinski definition) is 5. The van der Waals surface area contributed by atoms with Gasteiger partial charge in [0.2, 0.25) is 5.75 Å². The van der Waals surface area contributed by atoms with Crippen LogP contribution in [0.4, 0.5) is 0 Å². The molecule has 100 valence electrons. The Hall–Kier alpha value is -1.46. The fraction of sp³-hybridized carbons (Fsp3) is 0.538. The lowest BCUT2D eigenvalue weighted by Gasteiger charge is -2.26. The third-order valence-electron chi connectivity index (χ3n) is 3.44. The molecule has 0 heterocycles. The van der Waals surface area contributed by atoms with E-state index < -0.39 is 5.75 Å². The second-order valence-corrected chi connectivity index (χ2v) is 4.84. The van der Waals surface area contributed by atoms with E-state index in [1.54, 1.807) is 6.07 Å². The second-order valence-electron chi connectivity index (χ2n) is 4.84. The van der Waals surface area contributed by atoms with Crippen molar-refractivity contribution >= 4 is 0 Å². The normalized spacial score (nSPS) is 24.1. The number of phenols is 3. The fourth-order valence-corrected chi connectivity index (χ4v) is 2.36. The maximum absolute atomic E-state index is 9.66. The smallest absolute Gasteiger partial charge is 0.200 e. The average molecular weight is 253 g/mol. The highest BCUT2D eigenvalue weighted by Gasteiger charge is 2.20. The molecule has 1 aliphatic rings. The molecule has 2 rings (SSSR count). The van der Waals surface area contributed by atoms with Crippen molar-refractivity contribution in [3.8, 4) is 17.2 Å². The van der Waals surface area contributed by atoms with E-state index in [1.807, 2.05) is 0 Å². The molecular formula is C13H19NO4. The molecule has 0 radical (unpaired) electrons. The van der Waals surface area contributed by atoms with E-state index in [9.17, 15) is 20.4 Å². The number of aliphatic hydroxyl groups excluding tert-OH is 1. The minimum Gasteiger partial charge on any atom is -0.504 e. The Morgan fingerprint density at radius 3 is 2.61 bits per heavy atom.